The molecular weight excluding hydrogens is 266 g/mol. The van der Waals surface area contributed by atoms with Gasteiger partial charge >= 0.3 is 0 Å². The Labute approximate surface area is 124 Å². The highest BCUT2D eigenvalue weighted by Gasteiger charge is 2.30. The molecule has 0 amide bonds. The van der Waals surface area contributed by atoms with Gasteiger partial charge < -0.3 is 15.0 Å². The van der Waals surface area contributed by atoms with Crippen molar-refractivity contribution >= 4 is 0 Å². The molecule has 2 N–H and O–H groups in total. The van der Waals surface area contributed by atoms with Gasteiger partial charge in [0.15, 0.2) is 5.82 Å². The van der Waals surface area contributed by atoms with Crippen LogP contribution in [0.3, 0.4) is 0 Å². The first-order valence-corrected chi connectivity index (χ1v) is 7.25. The Bertz CT molecular complexity index is 630. The van der Waals surface area contributed by atoms with Crippen molar-refractivity contribution in [3.63, 3.8) is 0 Å². The number of hydrogen-bond acceptors (Lipinski definition) is 5. The van der Waals surface area contributed by atoms with Crippen molar-refractivity contribution in [2.75, 3.05) is 6.61 Å². The molecule has 0 saturated heterocycles. The van der Waals surface area contributed by atoms with Crippen LogP contribution in [0.2, 0.25) is 0 Å². The molecule has 2 heterocycles. The van der Waals surface area contributed by atoms with Crippen LogP contribution in [0.5, 0.6) is 5.75 Å². The molecular formula is C16H21N3O2. The van der Waals surface area contributed by atoms with E-state index in [0.717, 1.165) is 12.2 Å². The van der Waals surface area contributed by atoms with Crippen molar-refractivity contribution in [2.24, 2.45) is 11.1 Å². The van der Waals surface area contributed by atoms with Gasteiger partial charge in [-0.15, -0.1) is 0 Å². The first-order chi connectivity index (χ1) is 9.95. The highest BCUT2D eigenvalue weighted by Crippen LogP contribution is 2.33. The summed E-state index contributed by atoms with van der Waals surface area (Å²) < 4.78 is 11.1. The van der Waals surface area contributed by atoms with E-state index in [9.17, 15) is 0 Å². The summed E-state index contributed by atoms with van der Waals surface area (Å²) in [5.74, 6) is 2.24. The van der Waals surface area contributed by atoms with Crippen molar-refractivity contribution in [1.82, 2.24) is 10.1 Å². The minimum Gasteiger partial charge on any atom is -0.493 e. The topological polar surface area (TPSA) is 74.2 Å². The molecule has 5 nitrogen and oxygen atoms in total. The summed E-state index contributed by atoms with van der Waals surface area (Å²) in [6.07, 6.45) is 0.861. The maximum Gasteiger partial charge on any atom is 0.244 e. The first kappa shape index (κ1) is 14.1. The summed E-state index contributed by atoms with van der Waals surface area (Å²) in [5, 5.41) is 4.10. The number of hydrogen-bond donors (Lipinski definition) is 1. The molecule has 0 fully saturated rings. The predicted molar refractivity (Wildman–Crippen MR) is 79.1 cm³/mol. The Hall–Kier alpha value is -1.88. The van der Waals surface area contributed by atoms with Crippen LogP contribution >= 0.6 is 0 Å². The zero-order valence-corrected chi connectivity index (χ0v) is 12.7. The van der Waals surface area contributed by atoms with E-state index >= 15 is 0 Å². The fourth-order valence-corrected chi connectivity index (χ4v) is 2.40. The van der Waals surface area contributed by atoms with Crippen LogP contribution in [0.4, 0.5) is 0 Å². The second-order valence-corrected chi connectivity index (χ2v) is 6.65. The van der Waals surface area contributed by atoms with Gasteiger partial charge in [0.25, 0.3) is 0 Å². The number of nitrogens with zero attached hydrogens (tertiary/aromatic N) is 2. The summed E-state index contributed by atoms with van der Waals surface area (Å²) in [4.78, 5) is 4.49. The van der Waals surface area contributed by atoms with Gasteiger partial charge in [-0.25, -0.2) is 0 Å². The monoisotopic (exact) mass is 287 g/mol. The fraction of sp³-hybridized carbons (Fsp3) is 0.500. The maximum absolute atomic E-state index is 6.16. The molecule has 2 atom stereocenters. The van der Waals surface area contributed by atoms with Gasteiger partial charge in [0.1, 0.15) is 5.75 Å². The molecule has 5 heteroatoms. The fourth-order valence-electron chi connectivity index (χ4n) is 2.40. The molecule has 2 aromatic rings. The number of fused-ring (bicyclic) bond motifs is 1. The Morgan fingerprint density at radius 2 is 2.05 bits per heavy atom. The average Bonchev–Trinajstić information content (AvgIpc) is 2.94. The van der Waals surface area contributed by atoms with E-state index in [-0.39, 0.29) is 17.4 Å². The maximum atomic E-state index is 6.16. The van der Waals surface area contributed by atoms with Crippen molar-refractivity contribution in [1.29, 1.82) is 0 Å². The number of para-hydroxylation sites is 1. The molecule has 1 aromatic heterocycles. The Morgan fingerprint density at radius 1 is 1.29 bits per heavy atom. The molecule has 0 saturated carbocycles. The molecule has 112 valence electrons. The molecule has 0 aliphatic carbocycles. The molecule has 1 aliphatic heterocycles. The van der Waals surface area contributed by atoms with Gasteiger partial charge in [-0.2, -0.15) is 4.98 Å². The molecule has 0 spiro atoms. The van der Waals surface area contributed by atoms with Crippen molar-refractivity contribution in [3.8, 4) is 5.75 Å². The average molecular weight is 287 g/mol. The second kappa shape index (κ2) is 5.15. The lowest BCUT2D eigenvalue weighted by Gasteiger charge is -2.24. The predicted octanol–water partition coefficient (Wildman–Crippen LogP) is 2.83. The van der Waals surface area contributed by atoms with Gasteiger partial charge in [0, 0.05) is 0 Å². The summed E-state index contributed by atoms with van der Waals surface area (Å²) in [5.41, 5.74) is 7.23. The molecule has 3 rings (SSSR count). The van der Waals surface area contributed by atoms with E-state index in [4.69, 9.17) is 15.0 Å². The zero-order chi connectivity index (χ0) is 15.0. The number of nitrogens with two attached hydrogens (primary N) is 1. The SMILES string of the molecule is CC(C)(C)C(N)c1nc(C2COc3ccccc3C2)no1. The number of ether oxygens (including phenoxy) is 1. The van der Waals surface area contributed by atoms with Crippen LogP contribution in [0, 0.1) is 5.41 Å². The normalized spacial score (nSPS) is 19.7. The highest BCUT2D eigenvalue weighted by molar-refractivity contribution is 5.36. The van der Waals surface area contributed by atoms with Crippen molar-refractivity contribution in [3.05, 3.63) is 41.5 Å². The van der Waals surface area contributed by atoms with E-state index in [1.165, 1.54) is 5.56 Å². The third-order valence-corrected chi connectivity index (χ3v) is 3.90. The van der Waals surface area contributed by atoms with Crippen LogP contribution in [-0.4, -0.2) is 16.7 Å². The van der Waals surface area contributed by atoms with Crippen molar-refractivity contribution in [2.45, 2.75) is 39.2 Å². The lowest BCUT2D eigenvalue weighted by Crippen LogP contribution is -2.26. The summed E-state index contributed by atoms with van der Waals surface area (Å²) in [6, 6.07) is 7.79. The van der Waals surface area contributed by atoms with Gasteiger partial charge in [-0.05, 0) is 23.5 Å². The second-order valence-electron chi connectivity index (χ2n) is 6.65. The van der Waals surface area contributed by atoms with Crippen LogP contribution in [-0.2, 0) is 6.42 Å². The number of aromatic nitrogens is 2. The summed E-state index contributed by atoms with van der Waals surface area (Å²) >= 11 is 0. The third-order valence-electron chi connectivity index (χ3n) is 3.90. The third kappa shape index (κ3) is 2.78. The van der Waals surface area contributed by atoms with E-state index in [1.807, 2.05) is 18.2 Å². The van der Waals surface area contributed by atoms with Crippen LogP contribution in [0.25, 0.3) is 0 Å². The minimum absolute atomic E-state index is 0.112. The lowest BCUT2D eigenvalue weighted by molar-refractivity contribution is 0.244. The molecule has 21 heavy (non-hydrogen) atoms. The molecule has 0 radical (unpaired) electrons. The van der Waals surface area contributed by atoms with E-state index < -0.39 is 0 Å². The minimum atomic E-state index is -0.268. The largest absolute Gasteiger partial charge is 0.493 e. The van der Waals surface area contributed by atoms with Gasteiger partial charge in [0.2, 0.25) is 5.89 Å². The van der Waals surface area contributed by atoms with E-state index in [1.54, 1.807) is 0 Å². The van der Waals surface area contributed by atoms with Gasteiger partial charge in [-0.1, -0.05) is 44.1 Å². The van der Waals surface area contributed by atoms with Gasteiger partial charge in [0.05, 0.1) is 18.6 Å². The van der Waals surface area contributed by atoms with Gasteiger partial charge in [-0.3, -0.25) is 0 Å². The number of benzene rings is 1. The highest BCUT2D eigenvalue weighted by atomic mass is 16.5. The number of rotatable bonds is 2. The Morgan fingerprint density at radius 3 is 2.81 bits per heavy atom. The summed E-state index contributed by atoms with van der Waals surface area (Å²) in [7, 11) is 0. The van der Waals surface area contributed by atoms with Crippen molar-refractivity contribution < 1.29 is 9.26 Å². The van der Waals surface area contributed by atoms with Crippen LogP contribution in [0.15, 0.2) is 28.8 Å². The molecule has 0 bridgehead atoms. The van der Waals surface area contributed by atoms with E-state index in [2.05, 4.69) is 37.0 Å². The molecule has 1 aliphatic rings. The Balaban J connectivity index is 1.79. The Kier molecular flexibility index (Phi) is 3.45. The summed E-state index contributed by atoms with van der Waals surface area (Å²) in [6.45, 7) is 6.74. The molecule has 1 aromatic carbocycles. The first-order valence-electron chi connectivity index (χ1n) is 7.25. The van der Waals surface area contributed by atoms with Crippen LogP contribution in [0.1, 0.15) is 50.0 Å². The molecule has 2 unspecified atom stereocenters. The smallest absolute Gasteiger partial charge is 0.244 e. The van der Waals surface area contributed by atoms with E-state index in [0.29, 0.717) is 18.3 Å². The quantitative estimate of drug-likeness (QED) is 0.919. The van der Waals surface area contributed by atoms with Crippen LogP contribution < -0.4 is 10.5 Å². The standard InChI is InChI=1S/C16H21N3O2/c1-16(2,3)13(17)15-18-14(19-21-15)11-8-10-6-4-5-7-12(10)20-9-11/h4-7,11,13H,8-9,17H2,1-3H3. The zero-order valence-electron chi connectivity index (χ0n) is 12.7. The lowest BCUT2D eigenvalue weighted by atomic mass is 9.87.